The Labute approximate surface area is 111 Å². The molecule has 0 saturated heterocycles. The number of aliphatic hydroxyl groups excluding tert-OH is 1. The average molecular weight is 247 g/mol. The van der Waals surface area contributed by atoms with Gasteiger partial charge in [0.15, 0.2) is 0 Å². The standard InChI is InChI=1S/C16H25NO/c1-13(2)14-5-7-15(8-6-14)17(3)11-16(12-18)9-4-10-16/h5-8,13,18H,4,9-12H2,1-3H3. The summed E-state index contributed by atoms with van der Waals surface area (Å²) in [6, 6.07) is 8.81. The predicted molar refractivity (Wildman–Crippen MR) is 77.2 cm³/mol. The monoisotopic (exact) mass is 247 g/mol. The molecule has 1 N–H and O–H groups in total. The normalized spacial score (nSPS) is 17.6. The summed E-state index contributed by atoms with van der Waals surface area (Å²) in [6.45, 7) is 5.72. The van der Waals surface area contributed by atoms with E-state index in [2.05, 4.69) is 50.1 Å². The molecule has 0 radical (unpaired) electrons. The van der Waals surface area contributed by atoms with E-state index in [1.807, 2.05) is 0 Å². The number of anilines is 1. The van der Waals surface area contributed by atoms with Gasteiger partial charge in [0.25, 0.3) is 0 Å². The highest BCUT2D eigenvalue weighted by atomic mass is 16.3. The lowest BCUT2D eigenvalue weighted by Crippen LogP contribution is -2.43. The first-order valence-corrected chi connectivity index (χ1v) is 6.98. The molecule has 0 bridgehead atoms. The molecule has 100 valence electrons. The minimum atomic E-state index is 0.158. The molecule has 1 saturated carbocycles. The molecule has 1 aromatic rings. The van der Waals surface area contributed by atoms with Gasteiger partial charge in [-0.25, -0.2) is 0 Å². The van der Waals surface area contributed by atoms with Gasteiger partial charge in [-0.2, -0.15) is 0 Å². The maximum absolute atomic E-state index is 9.52. The molecule has 1 fully saturated rings. The Kier molecular flexibility index (Phi) is 3.96. The average Bonchev–Trinajstić information content (AvgIpc) is 2.33. The fraction of sp³-hybridized carbons (Fsp3) is 0.625. The van der Waals surface area contributed by atoms with Gasteiger partial charge in [-0.15, -0.1) is 0 Å². The zero-order valence-corrected chi connectivity index (χ0v) is 11.8. The van der Waals surface area contributed by atoms with E-state index in [1.54, 1.807) is 0 Å². The van der Waals surface area contributed by atoms with Crippen molar-refractivity contribution in [2.75, 3.05) is 25.1 Å². The zero-order valence-electron chi connectivity index (χ0n) is 11.8. The molecule has 1 aliphatic rings. The Morgan fingerprint density at radius 1 is 1.22 bits per heavy atom. The molecule has 18 heavy (non-hydrogen) atoms. The molecule has 0 amide bonds. The largest absolute Gasteiger partial charge is 0.396 e. The van der Waals surface area contributed by atoms with E-state index >= 15 is 0 Å². The van der Waals surface area contributed by atoms with E-state index in [9.17, 15) is 5.11 Å². The van der Waals surface area contributed by atoms with Crippen molar-refractivity contribution in [2.24, 2.45) is 5.41 Å². The lowest BCUT2D eigenvalue weighted by molar-refractivity contribution is 0.0524. The molecule has 1 aliphatic carbocycles. The summed E-state index contributed by atoms with van der Waals surface area (Å²) < 4.78 is 0. The van der Waals surface area contributed by atoms with Crippen LogP contribution in [0.1, 0.15) is 44.6 Å². The smallest absolute Gasteiger partial charge is 0.0504 e. The summed E-state index contributed by atoms with van der Waals surface area (Å²) in [6.07, 6.45) is 3.59. The number of rotatable bonds is 5. The fourth-order valence-corrected chi connectivity index (χ4v) is 2.75. The highest BCUT2D eigenvalue weighted by Crippen LogP contribution is 2.41. The number of hydrogen-bond acceptors (Lipinski definition) is 2. The molecule has 0 unspecified atom stereocenters. The third kappa shape index (κ3) is 2.69. The summed E-state index contributed by atoms with van der Waals surface area (Å²) in [5, 5.41) is 9.52. The van der Waals surface area contributed by atoms with Crippen molar-refractivity contribution in [2.45, 2.75) is 39.0 Å². The molecule has 0 atom stereocenters. The molecule has 0 spiro atoms. The van der Waals surface area contributed by atoms with Gasteiger partial charge >= 0.3 is 0 Å². The van der Waals surface area contributed by atoms with Gasteiger partial charge in [-0.3, -0.25) is 0 Å². The van der Waals surface area contributed by atoms with E-state index in [4.69, 9.17) is 0 Å². The first-order chi connectivity index (χ1) is 8.56. The van der Waals surface area contributed by atoms with Gasteiger partial charge in [0.1, 0.15) is 0 Å². The zero-order chi connectivity index (χ0) is 13.2. The van der Waals surface area contributed by atoms with Crippen molar-refractivity contribution >= 4 is 5.69 Å². The fourth-order valence-electron chi connectivity index (χ4n) is 2.75. The van der Waals surface area contributed by atoms with Crippen molar-refractivity contribution in [3.05, 3.63) is 29.8 Å². The van der Waals surface area contributed by atoms with Crippen LogP contribution in [0.15, 0.2) is 24.3 Å². The van der Waals surface area contributed by atoms with Crippen LogP contribution in [-0.4, -0.2) is 25.3 Å². The van der Waals surface area contributed by atoms with Crippen molar-refractivity contribution < 1.29 is 5.11 Å². The van der Waals surface area contributed by atoms with Crippen LogP contribution in [0.3, 0.4) is 0 Å². The van der Waals surface area contributed by atoms with Crippen LogP contribution in [0.25, 0.3) is 0 Å². The van der Waals surface area contributed by atoms with Gasteiger partial charge in [0, 0.05) is 24.7 Å². The van der Waals surface area contributed by atoms with Crippen LogP contribution in [0, 0.1) is 5.41 Å². The van der Waals surface area contributed by atoms with Crippen LogP contribution in [0.4, 0.5) is 5.69 Å². The van der Waals surface area contributed by atoms with Crippen molar-refractivity contribution in [1.82, 2.24) is 0 Å². The van der Waals surface area contributed by atoms with Gasteiger partial charge in [0.2, 0.25) is 0 Å². The van der Waals surface area contributed by atoms with Crippen LogP contribution in [0.5, 0.6) is 0 Å². The highest BCUT2D eigenvalue weighted by Gasteiger charge is 2.37. The molecule has 1 aromatic carbocycles. The Bertz CT molecular complexity index is 373. The summed E-state index contributed by atoms with van der Waals surface area (Å²) in [7, 11) is 2.13. The molecule has 0 aliphatic heterocycles. The summed E-state index contributed by atoms with van der Waals surface area (Å²) in [5.74, 6) is 0.583. The van der Waals surface area contributed by atoms with Crippen LogP contribution in [0.2, 0.25) is 0 Å². The van der Waals surface area contributed by atoms with Crippen molar-refractivity contribution in [3.8, 4) is 0 Å². The van der Waals surface area contributed by atoms with Crippen LogP contribution >= 0.6 is 0 Å². The quantitative estimate of drug-likeness (QED) is 0.862. The summed E-state index contributed by atoms with van der Waals surface area (Å²) in [4.78, 5) is 2.28. The molecule has 2 nitrogen and oxygen atoms in total. The number of benzene rings is 1. The van der Waals surface area contributed by atoms with Crippen LogP contribution in [-0.2, 0) is 0 Å². The third-order valence-corrected chi connectivity index (χ3v) is 4.32. The minimum Gasteiger partial charge on any atom is -0.396 e. The maximum atomic E-state index is 9.52. The lowest BCUT2D eigenvalue weighted by Gasteiger charge is -2.43. The van der Waals surface area contributed by atoms with E-state index in [0.29, 0.717) is 12.5 Å². The minimum absolute atomic E-state index is 0.158. The van der Waals surface area contributed by atoms with Gasteiger partial charge in [-0.1, -0.05) is 32.4 Å². The molecule has 2 rings (SSSR count). The maximum Gasteiger partial charge on any atom is 0.0504 e. The first kappa shape index (κ1) is 13.4. The Morgan fingerprint density at radius 3 is 2.22 bits per heavy atom. The van der Waals surface area contributed by atoms with Gasteiger partial charge in [-0.05, 0) is 36.5 Å². The SMILES string of the molecule is CC(C)c1ccc(N(C)CC2(CO)CCC2)cc1. The van der Waals surface area contributed by atoms with Crippen LogP contribution < -0.4 is 4.90 Å². The molecular weight excluding hydrogens is 222 g/mol. The second kappa shape index (κ2) is 5.31. The van der Waals surface area contributed by atoms with Gasteiger partial charge in [0.05, 0.1) is 6.61 Å². The van der Waals surface area contributed by atoms with E-state index in [0.717, 1.165) is 19.4 Å². The molecule has 0 aromatic heterocycles. The number of nitrogens with zero attached hydrogens (tertiary/aromatic N) is 1. The van der Waals surface area contributed by atoms with Crippen molar-refractivity contribution in [1.29, 1.82) is 0 Å². The lowest BCUT2D eigenvalue weighted by atomic mass is 9.69. The highest BCUT2D eigenvalue weighted by molar-refractivity contribution is 5.47. The molecular formula is C16H25NO. The number of hydrogen-bond donors (Lipinski definition) is 1. The van der Waals surface area contributed by atoms with Crippen molar-refractivity contribution in [3.63, 3.8) is 0 Å². The Hall–Kier alpha value is -1.02. The van der Waals surface area contributed by atoms with Gasteiger partial charge < -0.3 is 10.0 Å². The summed E-state index contributed by atoms with van der Waals surface area (Å²) in [5.41, 5.74) is 2.79. The second-order valence-electron chi connectivity index (χ2n) is 6.11. The summed E-state index contributed by atoms with van der Waals surface area (Å²) >= 11 is 0. The Balaban J connectivity index is 2.02. The van der Waals surface area contributed by atoms with E-state index in [-0.39, 0.29) is 5.41 Å². The topological polar surface area (TPSA) is 23.5 Å². The second-order valence-corrected chi connectivity index (χ2v) is 6.11. The third-order valence-electron chi connectivity index (χ3n) is 4.32. The van der Waals surface area contributed by atoms with E-state index in [1.165, 1.54) is 17.7 Å². The molecule has 0 heterocycles. The predicted octanol–water partition coefficient (Wildman–Crippen LogP) is 3.41. The van der Waals surface area contributed by atoms with E-state index < -0.39 is 0 Å². The molecule has 2 heteroatoms. The first-order valence-electron chi connectivity index (χ1n) is 6.98. The number of aliphatic hydroxyl groups is 1. The Morgan fingerprint density at radius 2 is 1.83 bits per heavy atom.